The molecule has 2 aliphatic heterocycles. The Balaban J connectivity index is 1.72. The number of esters is 2. The number of rotatable bonds is 7. The molecule has 4 rings (SSSR count). The Hall–Kier alpha value is -3.88. The Morgan fingerprint density at radius 3 is 2.44 bits per heavy atom. The van der Waals surface area contributed by atoms with Crippen molar-refractivity contribution in [3.63, 3.8) is 0 Å². The van der Waals surface area contributed by atoms with Crippen LogP contribution in [0.25, 0.3) is 6.08 Å². The van der Waals surface area contributed by atoms with Gasteiger partial charge in [-0.2, -0.15) is 0 Å². The third-order valence-electron chi connectivity index (χ3n) is 5.16. The second-order valence-corrected chi connectivity index (χ2v) is 7.02. The van der Waals surface area contributed by atoms with Crippen molar-refractivity contribution in [2.24, 2.45) is 5.92 Å². The molecule has 0 fully saturated rings. The van der Waals surface area contributed by atoms with Crippen LogP contribution in [0.5, 0.6) is 28.7 Å². The lowest BCUT2D eigenvalue weighted by Gasteiger charge is -2.18. The molecular weight excluding hydrogens is 420 g/mol. The highest BCUT2D eigenvalue weighted by Crippen LogP contribution is 2.42. The first kappa shape index (κ1) is 21.4. The van der Waals surface area contributed by atoms with Crippen molar-refractivity contribution in [3.05, 3.63) is 47.0 Å². The molecule has 32 heavy (non-hydrogen) atoms. The molecule has 2 aromatic carbocycles. The summed E-state index contributed by atoms with van der Waals surface area (Å²) >= 11 is 0. The molecule has 1 atom stereocenters. The van der Waals surface area contributed by atoms with Crippen LogP contribution in [0.2, 0.25) is 0 Å². The third kappa shape index (κ3) is 4.14. The Kier molecular flexibility index (Phi) is 6.07. The lowest BCUT2D eigenvalue weighted by Crippen LogP contribution is -2.26. The van der Waals surface area contributed by atoms with Gasteiger partial charge < -0.3 is 33.2 Å². The lowest BCUT2D eigenvalue weighted by atomic mass is 9.90. The molecule has 2 aliphatic rings. The van der Waals surface area contributed by atoms with Crippen LogP contribution in [0.15, 0.2) is 35.9 Å². The zero-order valence-electron chi connectivity index (χ0n) is 17.8. The molecule has 0 bridgehead atoms. The van der Waals surface area contributed by atoms with Gasteiger partial charge in [-0.3, -0.25) is 4.79 Å². The average molecular weight is 442 g/mol. The normalized spacial score (nSPS) is 14.7. The highest BCUT2D eigenvalue weighted by atomic mass is 16.7. The standard InChI is InChI=1S/C23H22O9/c1-26-19-9-14(10-20-21(19)32-12-31-20)7-16(23(25)28-3)15(22(24)27-2)6-13-4-5-17-18(8-13)30-11-29-17/h4-6,8-10,16H,7,11-12H2,1-3H3/b15-6+. The summed E-state index contributed by atoms with van der Waals surface area (Å²) in [7, 11) is 4.04. The molecule has 0 radical (unpaired) electrons. The van der Waals surface area contributed by atoms with E-state index in [2.05, 4.69) is 0 Å². The first-order chi connectivity index (χ1) is 15.5. The minimum atomic E-state index is -0.942. The fourth-order valence-electron chi connectivity index (χ4n) is 3.60. The molecule has 0 saturated heterocycles. The summed E-state index contributed by atoms with van der Waals surface area (Å²) < 4.78 is 37.0. The Labute approximate surface area is 184 Å². The summed E-state index contributed by atoms with van der Waals surface area (Å²) in [5.41, 5.74) is 1.48. The van der Waals surface area contributed by atoms with Crippen LogP contribution in [0, 0.1) is 5.92 Å². The molecule has 9 nitrogen and oxygen atoms in total. The van der Waals surface area contributed by atoms with E-state index in [0.717, 1.165) is 0 Å². The number of benzene rings is 2. The zero-order chi connectivity index (χ0) is 22.7. The summed E-state index contributed by atoms with van der Waals surface area (Å²) in [4.78, 5) is 25.4. The quantitative estimate of drug-likeness (QED) is 0.473. The van der Waals surface area contributed by atoms with Gasteiger partial charge in [-0.05, 0) is 47.9 Å². The molecule has 0 aromatic heterocycles. The Bertz CT molecular complexity index is 1070. The van der Waals surface area contributed by atoms with Crippen LogP contribution in [-0.4, -0.2) is 46.9 Å². The van der Waals surface area contributed by atoms with E-state index in [1.807, 2.05) is 0 Å². The molecule has 0 N–H and O–H groups in total. The van der Waals surface area contributed by atoms with E-state index >= 15 is 0 Å². The number of carbonyl (C=O) groups is 2. The zero-order valence-corrected chi connectivity index (χ0v) is 17.8. The van der Waals surface area contributed by atoms with Crippen LogP contribution < -0.4 is 23.7 Å². The third-order valence-corrected chi connectivity index (χ3v) is 5.16. The highest BCUT2D eigenvalue weighted by molar-refractivity contribution is 6.00. The minimum absolute atomic E-state index is 0.0764. The maximum atomic E-state index is 12.7. The fraction of sp³-hybridized carbons (Fsp3) is 0.304. The highest BCUT2D eigenvalue weighted by Gasteiger charge is 2.31. The van der Waals surface area contributed by atoms with Crippen molar-refractivity contribution in [1.82, 2.24) is 0 Å². The van der Waals surface area contributed by atoms with Gasteiger partial charge >= 0.3 is 11.9 Å². The van der Waals surface area contributed by atoms with Gasteiger partial charge in [-0.25, -0.2) is 4.79 Å². The van der Waals surface area contributed by atoms with E-state index in [4.69, 9.17) is 33.2 Å². The summed E-state index contributed by atoms with van der Waals surface area (Å²) in [6.45, 7) is 0.204. The molecule has 0 aliphatic carbocycles. The molecule has 0 amide bonds. The van der Waals surface area contributed by atoms with Gasteiger partial charge in [0.1, 0.15) is 0 Å². The van der Waals surface area contributed by atoms with E-state index in [9.17, 15) is 9.59 Å². The number of hydrogen-bond donors (Lipinski definition) is 0. The smallest absolute Gasteiger partial charge is 0.334 e. The van der Waals surface area contributed by atoms with E-state index < -0.39 is 17.9 Å². The monoisotopic (exact) mass is 442 g/mol. The second kappa shape index (κ2) is 9.09. The topological polar surface area (TPSA) is 98.8 Å². The van der Waals surface area contributed by atoms with Gasteiger partial charge in [-0.1, -0.05) is 6.07 Å². The van der Waals surface area contributed by atoms with Crippen molar-refractivity contribution >= 4 is 18.0 Å². The van der Waals surface area contributed by atoms with Gasteiger partial charge in [0.15, 0.2) is 23.0 Å². The SMILES string of the molecule is COC(=O)/C(=C/c1ccc2c(c1)OCO2)C(Cc1cc(OC)c2c(c1)OCO2)C(=O)OC. The van der Waals surface area contributed by atoms with Crippen molar-refractivity contribution in [2.45, 2.75) is 6.42 Å². The number of hydrogen-bond acceptors (Lipinski definition) is 9. The number of methoxy groups -OCH3 is 3. The second-order valence-electron chi connectivity index (χ2n) is 7.02. The number of carbonyl (C=O) groups excluding carboxylic acids is 2. The van der Waals surface area contributed by atoms with E-state index in [-0.39, 0.29) is 25.6 Å². The predicted octanol–water partition coefficient (Wildman–Crippen LogP) is 2.74. The summed E-state index contributed by atoms with van der Waals surface area (Å²) in [6.07, 6.45) is 1.73. The van der Waals surface area contributed by atoms with Gasteiger partial charge in [0.25, 0.3) is 0 Å². The summed E-state index contributed by atoms with van der Waals surface area (Å²) in [5.74, 6) is 0.458. The molecular formula is C23H22O9. The van der Waals surface area contributed by atoms with Crippen molar-refractivity contribution < 1.29 is 42.7 Å². The number of ether oxygens (including phenoxy) is 7. The fourth-order valence-corrected chi connectivity index (χ4v) is 3.60. The van der Waals surface area contributed by atoms with Gasteiger partial charge in [0.05, 0.1) is 32.8 Å². The largest absolute Gasteiger partial charge is 0.493 e. The lowest BCUT2D eigenvalue weighted by molar-refractivity contribution is -0.147. The molecule has 2 aromatic rings. The van der Waals surface area contributed by atoms with E-state index in [1.54, 1.807) is 36.4 Å². The molecule has 168 valence electrons. The Morgan fingerprint density at radius 1 is 0.938 bits per heavy atom. The molecule has 1 unspecified atom stereocenters. The van der Waals surface area contributed by atoms with Crippen LogP contribution in [-0.2, 0) is 25.5 Å². The molecule has 2 heterocycles. The first-order valence-electron chi connectivity index (χ1n) is 9.78. The van der Waals surface area contributed by atoms with E-state index in [0.29, 0.717) is 39.9 Å². The van der Waals surface area contributed by atoms with Crippen LogP contribution >= 0.6 is 0 Å². The summed E-state index contributed by atoms with van der Waals surface area (Å²) in [5, 5.41) is 0. The van der Waals surface area contributed by atoms with Gasteiger partial charge in [0, 0.05) is 0 Å². The van der Waals surface area contributed by atoms with Crippen LogP contribution in [0.1, 0.15) is 11.1 Å². The van der Waals surface area contributed by atoms with Crippen molar-refractivity contribution in [2.75, 3.05) is 34.9 Å². The van der Waals surface area contributed by atoms with Crippen LogP contribution in [0.3, 0.4) is 0 Å². The predicted molar refractivity (Wildman–Crippen MR) is 111 cm³/mol. The van der Waals surface area contributed by atoms with Crippen molar-refractivity contribution in [3.8, 4) is 28.7 Å². The Morgan fingerprint density at radius 2 is 1.69 bits per heavy atom. The summed E-state index contributed by atoms with van der Waals surface area (Å²) in [6, 6.07) is 8.70. The molecule has 9 heteroatoms. The first-order valence-corrected chi connectivity index (χ1v) is 9.78. The number of fused-ring (bicyclic) bond motifs is 2. The maximum Gasteiger partial charge on any atom is 0.334 e. The average Bonchev–Trinajstić information content (AvgIpc) is 3.48. The molecule has 0 spiro atoms. The molecule has 0 saturated carbocycles. The van der Waals surface area contributed by atoms with Crippen molar-refractivity contribution in [1.29, 1.82) is 0 Å². The van der Waals surface area contributed by atoms with Gasteiger partial charge in [-0.15, -0.1) is 0 Å². The minimum Gasteiger partial charge on any atom is -0.493 e. The maximum absolute atomic E-state index is 12.7. The van der Waals surface area contributed by atoms with E-state index in [1.165, 1.54) is 21.3 Å². The van der Waals surface area contributed by atoms with Crippen LogP contribution in [0.4, 0.5) is 0 Å². The van der Waals surface area contributed by atoms with Gasteiger partial charge in [0.2, 0.25) is 19.3 Å².